The number of carbonyl (C=O) groups is 1. The molecule has 0 aliphatic carbocycles. The highest BCUT2D eigenvalue weighted by molar-refractivity contribution is 9.10. The molecule has 8 heteroatoms. The second kappa shape index (κ2) is 12.1. The maximum absolute atomic E-state index is 12.2. The lowest BCUT2D eigenvalue weighted by Gasteiger charge is -2.23. The summed E-state index contributed by atoms with van der Waals surface area (Å²) in [6.45, 7) is 6.51. The van der Waals surface area contributed by atoms with E-state index in [2.05, 4.69) is 47.2 Å². The van der Waals surface area contributed by atoms with Gasteiger partial charge in [0.2, 0.25) is 0 Å². The molecule has 3 aromatic carbocycles. The largest absolute Gasteiger partial charge is 0.493 e. The van der Waals surface area contributed by atoms with Crippen molar-refractivity contribution in [3.05, 3.63) is 86.8 Å². The second-order valence-electron chi connectivity index (χ2n) is 8.80. The Morgan fingerprint density at radius 3 is 2.40 bits per heavy atom. The van der Waals surface area contributed by atoms with Crippen LogP contribution >= 0.6 is 27.5 Å². The fourth-order valence-corrected chi connectivity index (χ4v) is 3.68. The van der Waals surface area contributed by atoms with Crippen molar-refractivity contribution in [2.24, 2.45) is 5.10 Å². The van der Waals surface area contributed by atoms with Crippen molar-refractivity contribution in [2.45, 2.75) is 32.8 Å². The number of methoxy groups -OCH3 is 1. The Morgan fingerprint density at radius 1 is 1.00 bits per heavy atom. The fourth-order valence-electron chi connectivity index (χ4n) is 3.19. The number of nitrogens with zero attached hydrogens (tertiary/aromatic N) is 1. The Hall–Kier alpha value is -3.03. The molecule has 0 unspecified atom stereocenters. The quantitative estimate of drug-likeness (QED) is 0.239. The van der Waals surface area contributed by atoms with Gasteiger partial charge in [0.1, 0.15) is 12.4 Å². The van der Waals surface area contributed by atoms with Crippen LogP contribution in [0.2, 0.25) is 5.02 Å². The summed E-state index contributed by atoms with van der Waals surface area (Å²) in [4.78, 5) is 12.2. The third-order valence-corrected chi connectivity index (χ3v) is 5.75. The van der Waals surface area contributed by atoms with Crippen molar-refractivity contribution in [1.29, 1.82) is 0 Å². The zero-order chi connectivity index (χ0) is 25.4. The average molecular weight is 560 g/mol. The molecule has 3 rings (SSSR count). The molecule has 0 radical (unpaired) electrons. The molecule has 0 saturated heterocycles. The molecule has 1 N–H and O–H groups in total. The van der Waals surface area contributed by atoms with Gasteiger partial charge in [-0.3, -0.25) is 4.79 Å². The van der Waals surface area contributed by atoms with E-state index in [4.69, 9.17) is 25.8 Å². The first-order valence-corrected chi connectivity index (χ1v) is 12.1. The number of hydrogen-bond donors (Lipinski definition) is 1. The highest BCUT2D eigenvalue weighted by Gasteiger charge is 2.20. The minimum atomic E-state index is -0.362. The highest BCUT2D eigenvalue weighted by atomic mass is 79.9. The van der Waals surface area contributed by atoms with Gasteiger partial charge in [-0.15, -0.1) is 0 Å². The van der Waals surface area contributed by atoms with Crippen molar-refractivity contribution < 1.29 is 19.0 Å². The van der Waals surface area contributed by atoms with Crippen LogP contribution in [0.25, 0.3) is 0 Å². The van der Waals surface area contributed by atoms with Gasteiger partial charge in [0.15, 0.2) is 18.1 Å². The Kier molecular flexibility index (Phi) is 9.18. The molecule has 0 spiro atoms. The lowest BCUT2D eigenvalue weighted by atomic mass is 9.86. The first kappa shape index (κ1) is 26.6. The van der Waals surface area contributed by atoms with E-state index in [1.165, 1.54) is 6.21 Å². The van der Waals surface area contributed by atoms with Crippen LogP contribution in [0, 0.1) is 0 Å². The predicted molar refractivity (Wildman–Crippen MR) is 143 cm³/mol. The fraction of sp³-hybridized carbons (Fsp3) is 0.259. The molecular formula is C27H28BrClN2O4. The van der Waals surface area contributed by atoms with Gasteiger partial charge in [-0.1, -0.05) is 60.4 Å². The molecule has 6 nitrogen and oxygen atoms in total. The summed E-state index contributed by atoms with van der Waals surface area (Å²) in [5.74, 6) is 1.46. The number of nitrogens with one attached hydrogen (secondary N) is 1. The molecule has 0 aliphatic heterocycles. The number of rotatable bonds is 9. The van der Waals surface area contributed by atoms with Gasteiger partial charge >= 0.3 is 0 Å². The van der Waals surface area contributed by atoms with Gasteiger partial charge in [0.25, 0.3) is 5.91 Å². The Morgan fingerprint density at radius 2 is 1.71 bits per heavy atom. The monoisotopic (exact) mass is 558 g/mol. The van der Waals surface area contributed by atoms with Gasteiger partial charge < -0.3 is 14.2 Å². The van der Waals surface area contributed by atoms with Crippen LogP contribution in [0.5, 0.6) is 17.2 Å². The first-order chi connectivity index (χ1) is 16.7. The van der Waals surface area contributed by atoms with E-state index in [1.807, 2.05) is 48.5 Å². The minimum Gasteiger partial charge on any atom is -0.493 e. The van der Waals surface area contributed by atoms with E-state index >= 15 is 0 Å². The standard InChI is InChI=1S/C27H28BrClN2O4/c1-27(2,3)22-14-20(28)8-12-23(22)35-17-26(32)31-30-15-19-7-11-24(25(13-19)33-4)34-16-18-5-9-21(29)10-6-18/h5-15H,16-17H2,1-4H3,(H,31,32)/b30-15+. The lowest BCUT2D eigenvalue weighted by molar-refractivity contribution is -0.123. The van der Waals surface area contributed by atoms with Crippen molar-refractivity contribution in [3.8, 4) is 17.2 Å². The Bertz CT molecular complexity index is 1190. The molecular weight excluding hydrogens is 532 g/mol. The number of hydrazone groups is 1. The van der Waals surface area contributed by atoms with Gasteiger partial charge in [-0.2, -0.15) is 5.10 Å². The summed E-state index contributed by atoms with van der Waals surface area (Å²) in [5.41, 5.74) is 5.10. The molecule has 0 fully saturated rings. The number of benzene rings is 3. The third-order valence-electron chi connectivity index (χ3n) is 5.01. The Labute approximate surface area is 219 Å². The number of halogens is 2. The van der Waals surface area contributed by atoms with Crippen molar-refractivity contribution in [3.63, 3.8) is 0 Å². The summed E-state index contributed by atoms with van der Waals surface area (Å²) in [7, 11) is 1.57. The van der Waals surface area contributed by atoms with Crippen LogP contribution in [-0.2, 0) is 16.8 Å². The number of carbonyl (C=O) groups excluding carboxylic acids is 1. The summed E-state index contributed by atoms with van der Waals surface area (Å²) >= 11 is 9.41. The molecule has 0 bridgehead atoms. The molecule has 184 valence electrons. The zero-order valence-electron chi connectivity index (χ0n) is 20.1. The number of amides is 1. The van der Waals surface area contributed by atoms with E-state index in [0.717, 1.165) is 21.2 Å². The summed E-state index contributed by atoms with van der Waals surface area (Å²) < 4.78 is 18.0. The molecule has 1 amide bonds. The SMILES string of the molecule is COc1cc(/C=N/NC(=O)COc2ccc(Br)cc2C(C)(C)C)ccc1OCc1ccc(Cl)cc1. The third kappa shape index (κ3) is 8.01. The van der Waals surface area contributed by atoms with E-state index in [-0.39, 0.29) is 17.9 Å². The average Bonchev–Trinajstić information content (AvgIpc) is 2.82. The van der Waals surface area contributed by atoms with Crippen molar-refractivity contribution in [1.82, 2.24) is 5.43 Å². The minimum absolute atomic E-state index is 0.127. The van der Waals surface area contributed by atoms with Crippen LogP contribution in [0.1, 0.15) is 37.5 Å². The van der Waals surface area contributed by atoms with E-state index < -0.39 is 0 Å². The van der Waals surface area contributed by atoms with Crippen molar-refractivity contribution >= 4 is 39.7 Å². The highest BCUT2D eigenvalue weighted by Crippen LogP contribution is 2.33. The number of ether oxygens (including phenoxy) is 3. The van der Waals surface area contributed by atoms with E-state index in [1.54, 1.807) is 19.2 Å². The molecule has 0 saturated carbocycles. The topological polar surface area (TPSA) is 69.2 Å². The second-order valence-corrected chi connectivity index (χ2v) is 10.1. The van der Waals surface area contributed by atoms with Gasteiger partial charge in [0.05, 0.1) is 13.3 Å². The maximum Gasteiger partial charge on any atom is 0.277 e. The molecule has 0 atom stereocenters. The molecule has 0 aliphatic rings. The van der Waals surface area contributed by atoms with Crippen LogP contribution in [0.4, 0.5) is 0 Å². The summed E-state index contributed by atoms with van der Waals surface area (Å²) in [6.07, 6.45) is 1.53. The van der Waals surface area contributed by atoms with Gasteiger partial charge in [-0.25, -0.2) is 5.43 Å². The zero-order valence-corrected chi connectivity index (χ0v) is 22.4. The smallest absolute Gasteiger partial charge is 0.277 e. The van der Waals surface area contributed by atoms with Crippen LogP contribution in [-0.4, -0.2) is 25.8 Å². The van der Waals surface area contributed by atoms with Gasteiger partial charge in [-0.05, 0) is 65.1 Å². The van der Waals surface area contributed by atoms with E-state index in [9.17, 15) is 4.79 Å². The molecule has 35 heavy (non-hydrogen) atoms. The van der Waals surface area contributed by atoms with Crippen LogP contribution in [0.15, 0.2) is 70.2 Å². The Balaban J connectivity index is 1.55. The summed E-state index contributed by atoms with van der Waals surface area (Å²) in [6, 6.07) is 18.6. The molecule has 0 aromatic heterocycles. The van der Waals surface area contributed by atoms with Gasteiger partial charge in [0, 0.05) is 15.1 Å². The lowest BCUT2D eigenvalue weighted by Crippen LogP contribution is -2.25. The molecule has 0 heterocycles. The predicted octanol–water partition coefficient (Wildman–Crippen LogP) is 6.52. The first-order valence-electron chi connectivity index (χ1n) is 11.0. The van der Waals surface area contributed by atoms with Crippen LogP contribution in [0.3, 0.4) is 0 Å². The van der Waals surface area contributed by atoms with Crippen molar-refractivity contribution in [2.75, 3.05) is 13.7 Å². The normalized spacial score (nSPS) is 11.4. The summed E-state index contributed by atoms with van der Waals surface area (Å²) in [5, 5.41) is 4.70. The van der Waals surface area contributed by atoms with Crippen LogP contribution < -0.4 is 19.6 Å². The van der Waals surface area contributed by atoms with E-state index in [0.29, 0.717) is 28.9 Å². The number of hydrogen-bond acceptors (Lipinski definition) is 5. The molecule has 3 aromatic rings. The maximum atomic E-state index is 12.2.